The fourth-order valence-corrected chi connectivity index (χ4v) is 2.20. The minimum Gasteiger partial charge on any atom is -0.0759 e. The molecule has 1 heteroatoms. The monoisotopic (exact) mass is 166 g/mol. The van der Waals surface area contributed by atoms with E-state index in [1.54, 1.807) is 0 Å². The van der Waals surface area contributed by atoms with E-state index in [0.29, 0.717) is 0 Å². The molecule has 0 saturated carbocycles. The van der Waals surface area contributed by atoms with E-state index in [4.69, 9.17) is 0 Å². The van der Waals surface area contributed by atoms with Gasteiger partial charge in [-0.2, -0.15) is 0 Å². The van der Waals surface area contributed by atoms with Crippen molar-refractivity contribution in [3.8, 4) is 0 Å². The van der Waals surface area contributed by atoms with Crippen LogP contribution in [0, 0.1) is 0 Å². The first kappa shape index (κ1) is 8.74. The second-order valence-electron chi connectivity index (χ2n) is 3.04. The predicted octanol–water partition coefficient (Wildman–Crippen LogP) is 2.83. The van der Waals surface area contributed by atoms with Crippen molar-refractivity contribution in [2.45, 2.75) is 19.5 Å². The number of hydrogen-bond donors (Lipinski definition) is 0. The summed E-state index contributed by atoms with van der Waals surface area (Å²) >= 11 is 0. The lowest BCUT2D eigenvalue weighted by molar-refractivity contribution is 1.10. The molecule has 1 aromatic carbocycles. The van der Waals surface area contributed by atoms with Crippen LogP contribution < -0.4 is 5.30 Å². The van der Waals surface area contributed by atoms with Gasteiger partial charge in [-0.1, -0.05) is 52.1 Å². The molecular formula is C10H15P. The first-order chi connectivity index (χ1) is 5.22. The van der Waals surface area contributed by atoms with Crippen molar-refractivity contribution < 1.29 is 0 Å². The summed E-state index contributed by atoms with van der Waals surface area (Å²) in [4.78, 5) is 0. The smallest absolute Gasteiger partial charge is 0.0228 e. The van der Waals surface area contributed by atoms with Gasteiger partial charge in [0.05, 0.1) is 0 Å². The Hall–Kier alpha value is -0.350. The summed E-state index contributed by atoms with van der Waals surface area (Å²) in [5.41, 5.74) is 0.799. The van der Waals surface area contributed by atoms with Gasteiger partial charge in [0.25, 0.3) is 0 Å². The molecule has 0 saturated heterocycles. The van der Waals surface area contributed by atoms with Crippen LogP contribution in [0.1, 0.15) is 13.8 Å². The van der Waals surface area contributed by atoms with Crippen LogP contribution in [0.15, 0.2) is 30.3 Å². The molecule has 0 aromatic heterocycles. The summed E-state index contributed by atoms with van der Waals surface area (Å²) in [6.45, 7) is 6.92. The molecule has 0 nitrogen and oxygen atoms in total. The zero-order valence-corrected chi connectivity index (χ0v) is 8.31. The summed E-state index contributed by atoms with van der Waals surface area (Å²) in [7, 11) is 0.0653. The van der Waals surface area contributed by atoms with Crippen molar-refractivity contribution in [2.75, 3.05) is 6.66 Å². The molecule has 60 valence electrons. The Labute approximate surface area is 70.4 Å². The van der Waals surface area contributed by atoms with Gasteiger partial charge in [-0.3, -0.25) is 0 Å². The molecule has 0 radical (unpaired) electrons. The highest BCUT2D eigenvalue weighted by molar-refractivity contribution is 7.65. The predicted molar refractivity (Wildman–Crippen MR) is 54.1 cm³/mol. The second kappa shape index (κ2) is 3.88. The number of hydrogen-bond acceptors (Lipinski definition) is 0. The molecular weight excluding hydrogens is 151 g/mol. The van der Waals surface area contributed by atoms with Gasteiger partial charge in [0.1, 0.15) is 0 Å². The highest BCUT2D eigenvalue weighted by atomic mass is 31.1. The molecule has 0 fully saturated rings. The Morgan fingerprint density at radius 1 is 1.09 bits per heavy atom. The van der Waals surface area contributed by atoms with Gasteiger partial charge in [0.15, 0.2) is 0 Å². The maximum absolute atomic E-state index is 2.34. The molecule has 1 aromatic rings. The van der Waals surface area contributed by atoms with E-state index in [9.17, 15) is 0 Å². The highest BCUT2D eigenvalue weighted by Gasteiger charge is 2.06. The van der Waals surface area contributed by atoms with Crippen molar-refractivity contribution in [2.24, 2.45) is 0 Å². The molecule has 11 heavy (non-hydrogen) atoms. The van der Waals surface area contributed by atoms with Crippen molar-refractivity contribution in [1.82, 2.24) is 0 Å². The molecule has 0 aliphatic carbocycles. The summed E-state index contributed by atoms with van der Waals surface area (Å²) < 4.78 is 0. The van der Waals surface area contributed by atoms with Crippen LogP contribution >= 0.6 is 7.92 Å². The zero-order chi connectivity index (χ0) is 8.27. The van der Waals surface area contributed by atoms with Crippen molar-refractivity contribution in [3.63, 3.8) is 0 Å². The summed E-state index contributed by atoms with van der Waals surface area (Å²) in [5, 5.41) is 1.51. The largest absolute Gasteiger partial charge is 0.0759 e. The van der Waals surface area contributed by atoms with E-state index in [-0.39, 0.29) is 7.92 Å². The minimum absolute atomic E-state index is 0.0653. The van der Waals surface area contributed by atoms with Crippen LogP contribution in [0.2, 0.25) is 0 Å². The van der Waals surface area contributed by atoms with Crippen LogP contribution in [0.3, 0.4) is 0 Å². The van der Waals surface area contributed by atoms with Gasteiger partial charge in [0.2, 0.25) is 0 Å². The SMILES string of the molecule is CC(C)[P@](C)c1ccccc1. The molecule has 0 N–H and O–H groups in total. The Bertz CT molecular complexity index is 203. The lowest BCUT2D eigenvalue weighted by Gasteiger charge is -2.15. The average Bonchev–Trinajstić information content (AvgIpc) is 2.05. The number of rotatable bonds is 2. The van der Waals surface area contributed by atoms with E-state index in [2.05, 4.69) is 50.8 Å². The van der Waals surface area contributed by atoms with Crippen LogP contribution in [0.4, 0.5) is 0 Å². The average molecular weight is 166 g/mol. The van der Waals surface area contributed by atoms with Crippen LogP contribution in [-0.2, 0) is 0 Å². The fourth-order valence-electron chi connectivity index (χ4n) is 0.961. The summed E-state index contributed by atoms with van der Waals surface area (Å²) in [6.07, 6.45) is 0. The van der Waals surface area contributed by atoms with E-state index in [0.717, 1.165) is 5.66 Å². The molecule has 0 bridgehead atoms. The zero-order valence-electron chi connectivity index (χ0n) is 7.41. The molecule has 0 unspecified atom stereocenters. The molecule has 1 atom stereocenters. The molecule has 0 heterocycles. The van der Waals surface area contributed by atoms with Gasteiger partial charge >= 0.3 is 0 Å². The van der Waals surface area contributed by atoms with E-state index >= 15 is 0 Å². The molecule has 0 aliphatic heterocycles. The first-order valence-electron chi connectivity index (χ1n) is 3.99. The highest BCUT2D eigenvalue weighted by Crippen LogP contribution is 2.34. The van der Waals surface area contributed by atoms with Crippen LogP contribution in [0.5, 0.6) is 0 Å². The van der Waals surface area contributed by atoms with Gasteiger partial charge in [-0.25, -0.2) is 0 Å². The Morgan fingerprint density at radius 2 is 1.64 bits per heavy atom. The van der Waals surface area contributed by atoms with Gasteiger partial charge < -0.3 is 0 Å². The topological polar surface area (TPSA) is 0 Å². The second-order valence-corrected chi connectivity index (χ2v) is 5.81. The molecule has 1 rings (SSSR count). The van der Waals surface area contributed by atoms with Crippen molar-refractivity contribution in [1.29, 1.82) is 0 Å². The van der Waals surface area contributed by atoms with Gasteiger partial charge in [-0.15, -0.1) is 0 Å². The third kappa shape index (κ3) is 2.31. The van der Waals surface area contributed by atoms with Crippen molar-refractivity contribution >= 4 is 13.2 Å². The minimum atomic E-state index is 0.0653. The van der Waals surface area contributed by atoms with Crippen molar-refractivity contribution in [3.05, 3.63) is 30.3 Å². The van der Waals surface area contributed by atoms with Gasteiger partial charge in [0, 0.05) is 0 Å². The number of benzene rings is 1. The molecule has 0 aliphatic rings. The van der Waals surface area contributed by atoms with Gasteiger partial charge in [-0.05, 0) is 17.6 Å². The first-order valence-corrected chi connectivity index (χ1v) is 5.85. The third-order valence-electron chi connectivity index (χ3n) is 1.94. The Kier molecular flexibility index (Phi) is 3.08. The van der Waals surface area contributed by atoms with Crippen LogP contribution in [-0.4, -0.2) is 12.3 Å². The van der Waals surface area contributed by atoms with Crippen LogP contribution in [0.25, 0.3) is 0 Å². The fraction of sp³-hybridized carbons (Fsp3) is 0.400. The Morgan fingerprint density at radius 3 is 2.09 bits per heavy atom. The summed E-state index contributed by atoms with van der Waals surface area (Å²) in [6, 6.07) is 10.8. The lowest BCUT2D eigenvalue weighted by atomic mass is 10.4. The lowest BCUT2D eigenvalue weighted by Crippen LogP contribution is -2.05. The van der Waals surface area contributed by atoms with E-state index < -0.39 is 0 Å². The standard InChI is InChI=1S/C10H15P/c1-9(2)11(3)10-7-5-4-6-8-10/h4-9H,1-3H3/t11-/m0/s1. The normalized spacial score (nSPS) is 13.5. The Balaban J connectivity index is 2.77. The van der Waals surface area contributed by atoms with E-state index in [1.165, 1.54) is 5.30 Å². The maximum atomic E-state index is 2.34. The van der Waals surface area contributed by atoms with E-state index in [1.807, 2.05) is 0 Å². The summed E-state index contributed by atoms with van der Waals surface area (Å²) in [5.74, 6) is 0. The molecule has 0 spiro atoms. The maximum Gasteiger partial charge on any atom is -0.0228 e. The quantitative estimate of drug-likeness (QED) is 0.592. The third-order valence-corrected chi connectivity index (χ3v) is 4.60. The molecule has 0 amide bonds.